The van der Waals surface area contributed by atoms with Crippen molar-refractivity contribution >= 4 is 10.8 Å². The minimum Gasteiger partial charge on any atom is -0.381 e. The number of benzene rings is 1. The van der Waals surface area contributed by atoms with E-state index in [1.807, 2.05) is 0 Å². The van der Waals surface area contributed by atoms with Crippen LogP contribution < -0.4 is 5.73 Å². The molecule has 1 atom stereocenters. The summed E-state index contributed by atoms with van der Waals surface area (Å²) in [7, 11) is -1.03. The third-order valence-electron chi connectivity index (χ3n) is 3.19. The summed E-state index contributed by atoms with van der Waals surface area (Å²) in [6.45, 7) is 1.64. The molecule has 1 unspecified atom stereocenters. The van der Waals surface area contributed by atoms with E-state index in [0.717, 1.165) is 18.4 Å². The maximum absolute atomic E-state index is 13.7. The van der Waals surface area contributed by atoms with Gasteiger partial charge in [-0.1, -0.05) is 12.1 Å². The first-order chi connectivity index (χ1) is 8.70. The van der Waals surface area contributed by atoms with Gasteiger partial charge in [-0.25, -0.2) is 4.39 Å². The number of halogens is 1. The quantitative estimate of drug-likeness (QED) is 0.907. The van der Waals surface area contributed by atoms with E-state index in [-0.39, 0.29) is 16.8 Å². The van der Waals surface area contributed by atoms with Gasteiger partial charge >= 0.3 is 0 Å². The molecule has 2 rings (SSSR count). The van der Waals surface area contributed by atoms with E-state index >= 15 is 0 Å². The second-order valence-electron chi connectivity index (χ2n) is 4.47. The van der Waals surface area contributed by atoms with Crippen LogP contribution in [0.4, 0.5) is 4.39 Å². The molecule has 5 heteroatoms. The van der Waals surface area contributed by atoms with E-state index in [1.54, 1.807) is 12.1 Å². The Balaban J connectivity index is 2.02. The Labute approximate surface area is 109 Å². The van der Waals surface area contributed by atoms with Crippen molar-refractivity contribution in [1.29, 1.82) is 0 Å². The first kappa shape index (κ1) is 13.6. The summed E-state index contributed by atoms with van der Waals surface area (Å²) in [4.78, 5) is 0. The van der Waals surface area contributed by atoms with E-state index in [1.165, 1.54) is 6.07 Å². The highest BCUT2D eigenvalue weighted by Crippen LogP contribution is 2.19. The van der Waals surface area contributed by atoms with Gasteiger partial charge in [0.1, 0.15) is 5.82 Å². The highest BCUT2D eigenvalue weighted by molar-refractivity contribution is 7.84. The Morgan fingerprint density at radius 3 is 2.72 bits per heavy atom. The van der Waals surface area contributed by atoms with Gasteiger partial charge in [-0.3, -0.25) is 4.21 Å². The molecule has 0 amide bonds. The Kier molecular flexibility index (Phi) is 4.86. The van der Waals surface area contributed by atoms with Crippen LogP contribution in [0.1, 0.15) is 24.0 Å². The van der Waals surface area contributed by atoms with E-state index in [4.69, 9.17) is 10.5 Å². The fraction of sp³-hybridized carbons (Fsp3) is 0.538. The van der Waals surface area contributed by atoms with Crippen molar-refractivity contribution in [2.75, 3.05) is 13.2 Å². The van der Waals surface area contributed by atoms with Gasteiger partial charge in [0.05, 0.1) is 5.75 Å². The summed E-state index contributed by atoms with van der Waals surface area (Å²) in [6, 6.07) is 4.91. The number of ether oxygens (including phenoxy) is 1. The third-order valence-corrected chi connectivity index (χ3v) is 5.00. The Bertz CT molecular complexity index is 433. The third kappa shape index (κ3) is 3.37. The summed E-state index contributed by atoms with van der Waals surface area (Å²) in [6.07, 6.45) is 1.60. The van der Waals surface area contributed by atoms with Gasteiger partial charge in [-0.05, 0) is 24.5 Å². The summed E-state index contributed by atoms with van der Waals surface area (Å²) >= 11 is 0. The average Bonchev–Trinajstić information content (AvgIpc) is 2.42. The van der Waals surface area contributed by atoms with Gasteiger partial charge in [-0.2, -0.15) is 0 Å². The summed E-state index contributed by atoms with van der Waals surface area (Å²) in [5.74, 6) is -0.0280. The predicted octanol–water partition coefficient (Wildman–Crippen LogP) is 1.71. The number of hydrogen-bond donors (Lipinski definition) is 1. The van der Waals surface area contributed by atoms with Crippen molar-refractivity contribution in [3.63, 3.8) is 0 Å². The minimum atomic E-state index is -1.03. The molecule has 1 aromatic carbocycles. The van der Waals surface area contributed by atoms with E-state index in [0.29, 0.717) is 25.3 Å². The van der Waals surface area contributed by atoms with Crippen molar-refractivity contribution in [3.8, 4) is 0 Å². The lowest BCUT2D eigenvalue weighted by atomic mass is 10.1. The highest BCUT2D eigenvalue weighted by atomic mass is 32.2. The molecule has 0 bridgehead atoms. The molecular weight excluding hydrogens is 253 g/mol. The zero-order valence-corrected chi connectivity index (χ0v) is 11.0. The molecule has 1 aliphatic heterocycles. The van der Waals surface area contributed by atoms with Crippen LogP contribution in [-0.2, 0) is 27.8 Å². The molecule has 0 aromatic heterocycles. The van der Waals surface area contributed by atoms with Crippen LogP contribution in [0.15, 0.2) is 18.2 Å². The Morgan fingerprint density at radius 1 is 1.39 bits per heavy atom. The largest absolute Gasteiger partial charge is 0.381 e. The molecule has 0 radical (unpaired) electrons. The molecule has 1 fully saturated rings. The fourth-order valence-electron chi connectivity index (χ4n) is 2.04. The molecule has 1 aromatic rings. The van der Waals surface area contributed by atoms with Crippen molar-refractivity contribution in [2.45, 2.75) is 30.4 Å². The monoisotopic (exact) mass is 271 g/mol. The molecule has 1 aliphatic rings. The zero-order valence-electron chi connectivity index (χ0n) is 10.2. The van der Waals surface area contributed by atoms with E-state index < -0.39 is 10.8 Å². The number of rotatable bonds is 4. The fourth-order valence-corrected chi connectivity index (χ4v) is 3.54. The van der Waals surface area contributed by atoms with Crippen LogP contribution >= 0.6 is 0 Å². The lowest BCUT2D eigenvalue weighted by Gasteiger charge is -2.21. The first-order valence-electron chi connectivity index (χ1n) is 6.13. The standard InChI is InChI=1S/C13H18FNO2S/c14-13-7-10(8-15)1-2-11(13)9-18(16)12-3-5-17-6-4-12/h1-2,7,12H,3-6,8-9,15H2. The van der Waals surface area contributed by atoms with E-state index in [2.05, 4.69) is 0 Å². The van der Waals surface area contributed by atoms with Gasteiger partial charge in [0.2, 0.25) is 0 Å². The number of hydrogen-bond acceptors (Lipinski definition) is 3. The molecule has 0 spiro atoms. The van der Waals surface area contributed by atoms with Gasteiger partial charge in [0.25, 0.3) is 0 Å². The maximum atomic E-state index is 13.7. The van der Waals surface area contributed by atoms with Crippen LogP contribution in [-0.4, -0.2) is 22.7 Å². The smallest absolute Gasteiger partial charge is 0.127 e. The summed E-state index contributed by atoms with van der Waals surface area (Å²) in [5.41, 5.74) is 6.72. The molecule has 100 valence electrons. The van der Waals surface area contributed by atoms with Crippen LogP contribution in [0.5, 0.6) is 0 Å². The van der Waals surface area contributed by atoms with Crippen molar-refractivity contribution in [1.82, 2.24) is 0 Å². The molecule has 1 heterocycles. The lowest BCUT2D eigenvalue weighted by molar-refractivity contribution is 0.0992. The molecule has 3 nitrogen and oxygen atoms in total. The Morgan fingerprint density at radius 2 is 2.11 bits per heavy atom. The van der Waals surface area contributed by atoms with Gasteiger partial charge in [0, 0.05) is 41.4 Å². The Hall–Kier alpha value is -0.780. The summed E-state index contributed by atoms with van der Waals surface area (Å²) in [5, 5.41) is 0.132. The first-order valence-corrected chi connectivity index (χ1v) is 7.51. The van der Waals surface area contributed by atoms with E-state index in [9.17, 15) is 8.60 Å². The molecular formula is C13H18FNO2S. The molecule has 2 N–H and O–H groups in total. The second-order valence-corrected chi connectivity index (χ2v) is 6.18. The van der Waals surface area contributed by atoms with Gasteiger partial charge < -0.3 is 10.5 Å². The number of nitrogens with two attached hydrogens (primary N) is 1. The SMILES string of the molecule is NCc1ccc(CS(=O)C2CCOCC2)c(F)c1. The molecule has 1 saturated heterocycles. The average molecular weight is 271 g/mol. The van der Waals surface area contributed by atoms with Crippen LogP contribution in [0, 0.1) is 5.82 Å². The van der Waals surface area contributed by atoms with Crippen LogP contribution in [0.2, 0.25) is 0 Å². The van der Waals surface area contributed by atoms with Crippen molar-refractivity contribution in [2.24, 2.45) is 5.73 Å². The van der Waals surface area contributed by atoms with Gasteiger partial charge in [0.15, 0.2) is 0 Å². The van der Waals surface area contributed by atoms with Crippen LogP contribution in [0.3, 0.4) is 0 Å². The molecule has 0 aliphatic carbocycles. The molecule has 18 heavy (non-hydrogen) atoms. The zero-order chi connectivity index (χ0) is 13.0. The van der Waals surface area contributed by atoms with Crippen molar-refractivity contribution < 1.29 is 13.3 Å². The van der Waals surface area contributed by atoms with Crippen molar-refractivity contribution in [3.05, 3.63) is 35.1 Å². The minimum absolute atomic E-state index is 0.132. The maximum Gasteiger partial charge on any atom is 0.127 e. The second kappa shape index (κ2) is 6.41. The lowest BCUT2D eigenvalue weighted by Crippen LogP contribution is -2.25. The topological polar surface area (TPSA) is 52.3 Å². The normalized spacial score (nSPS) is 18.8. The predicted molar refractivity (Wildman–Crippen MR) is 70.0 cm³/mol. The highest BCUT2D eigenvalue weighted by Gasteiger charge is 2.21. The molecule has 0 saturated carbocycles. The summed E-state index contributed by atoms with van der Waals surface area (Å²) < 4.78 is 31.1. The van der Waals surface area contributed by atoms with Crippen LogP contribution in [0.25, 0.3) is 0 Å². The van der Waals surface area contributed by atoms with Gasteiger partial charge in [-0.15, -0.1) is 0 Å².